The number of rotatable bonds is 5. The van der Waals surface area contributed by atoms with Crippen LogP contribution in [0.15, 0.2) is 24.3 Å². The van der Waals surface area contributed by atoms with Gasteiger partial charge in [0.15, 0.2) is 0 Å². The van der Waals surface area contributed by atoms with Gasteiger partial charge >= 0.3 is 0 Å². The number of amides is 2. The van der Waals surface area contributed by atoms with Crippen molar-refractivity contribution in [2.45, 2.75) is 33.2 Å². The Labute approximate surface area is 137 Å². The van der Waals surface area contributed by atoms with Crippen LogP contribution in [-0.4, -0.2) is 42.4 Å². The molecule has 1 aliphatic heterocycles. The molecule has 1 aliphatic rings. The molecule has 1 aromatic carbocycles. The van der Waals surface area contributed by atoms with Gasteiger partial charge in [0.2, 0.25) is 11.8 Å². The molecule has 0 aromatic heterocycles. The van der Waals surface area contributed by atoms with E-state index in [1.807, 2.05) is 13.0 Å². The molecule has 126 valence electrons. The number of anilines is 2. The predicted molar refractivity (Wildman–Crippen MR) is 92.2 cm³/mol. The molecule has 0 bridgehead atoms. The second kappa shape index (κ2) is 7.10. The van der Waals surface area contributed by atoms with E-state index >= 15 is 0 Å². The zero-order chi connectivity index (χ0) is 17.0. The first-order valence-electron chi connectivity index (χ1n) is 7.96. The van der Waals surface area contributed by atoms with E-state index in [-0.39, 0.29) is 23.3 Å². The standard InChI is InChI=1S/C17H26N4O2/c1-12(21-8-7-17(3,10-18)11-21)16(23)20-15-6-4-5-14(9-15)19-13(2)22/h4-6,9,12H,7-8,10-11,18H2,1-3H3,(H,19,22)(H,20,23). The average Bonchev–Trinajstić information content (AvgIpc) is 2.89. The van der Waals surface area contributed by atoms with E-state index in [1.54, 1.807) is 18.2 Å². The molecule has 6 heteroatoms. The van der Waals surface area contributed by atoms with Crippen molar-refractivity contribution in [1.29, 1.82) is 0 Å². The number of hydrogen-bond acceptors (Lipinski definition) is 4. The molecule has 1 fully saturated rings. The number of nitrogens with two attached hydrogens (primary N) is 1. The van der Waals surface area contributed by atoms with Crippen LogP contribution in [-0.2, 0) is 9.59 Å². The zero-order valence-electron chi connectivity index (χ0n) is 14.1. The Morgan fingerprint density at radius 3 is 2.57 bits per heavy atom. The summed E-state index contributed by atoms with van der Waals surface area (Å²) in [5.74, 6) is -0.189. The van der Waals surface area contributed by atoms with Gasteiger partial charge in [0.05, 0.1) is 6.04 Å². The van der Waals surface area contributed by atoms with Gasteiger partial charge < -0.3 is 16.4 Å². The highest BCUT2D eigenvalue weighted by atomic mass is 16.2. The van der Waals surface area contributed by atoms with E-state index in [4.69, 9.17) is 5.73 Å². The first-order chi connectivity index (χ1) is 10.8. The van der Waals surface area contributed by atoms with E-state index in [1.165, 1.54) is 6.92 Å². The van der Waals surface area contributed by atoms with Crippen LogP contribution >= 0.6 is 0 Å². The Bertz CT molecular complexity index is 590. The third-order valence-electron chi connectivity index (χ3n) is 4.46. The van der Waals surface area contributed by atoms with Crippen LogP contribution in [0.5, 0.6) is 0 Å². The van der Waals surface area contributed by atoms with Gasteiger partial charge in [-0.2, -0.15) is 0 Å². The SMILES string of the molecule is CC(=O)Nc1cccc(NC(=O)C(C)N2CCC(C)(CN)C2)c1. The largest absolute Gasteiger partial charge is 0.330 e. The molecule has 1 aromatic rings. The summed E-state index contributed by atoms with van der Waals surface area (Å²) in [4.78, 5) is 25.7. The number of carbonyl (C=O) groups excluding carboxylic acids is 2. The van der Waals surface area contributed by atoms with Crippen LogP contribution in [0.1, 0.15) is 27.2 Å². The van der Waals surface area contributed by atoms with Crippen molar-refractivity contribution in [1.82, 2.24) is 4.90 Å². The van der Waals surface area contributed by atoms with Gasteiger partial charge in [-0.1, -0.05) is 13.0 Å². The minimum Gasteiger partial charge on any atom is -0.330 e. The summed E-state index contributed by atoms with van der Waals surface area (Å²) in [6.07, 6.45) is 1.01. The van der Waals surface area contributed by atoms with Crippen LogP contribution in [0, 0.1) is 5.41 Å². The Kier molecular flexibility index (Phi) is 5.38. The molecule has 2 atom stereocenters. The topological polar surface area (TPSA) is 87.5 Å². The monoisotopic (exact) mass is 318 g/mol. The maximum absolute atomic E-state index is 12.5. The predicted octanol–water partition coefficient (Wildman–Crippen LogP) is 1.64. The molecule has 1 saturated heterocycles. The summed E-state index contributed by atoms with van der Waals surface area (Å²) in [5.41, 5.74) is 7.26. The maximum Gasteiger partial charge on any atom is 0.241 e. The summed E-state index contributed by atoms with van der Waals surface area (Å²) in [7, 11) is 0. The van der Waals surface area contributed by atoms with Gasteiger partial charge in [-0.25, -0.2) is 0 Å². The highest BCUT2D eigenvalue weighted by Gasteiger charge is 2.36. The lowest BCUT2D eigenvalue weighted by Crippen LogP contribution is -2.42. The molecule has 23 heavy (non-hydrogen) atoms. The second-order valence-corrected chi connectivity index (χ2v) is 6.66. The lowest BCUT2D eigenvalue weighted by molar-refractivity contribution is -0.120. The summed E-state index contributed by atoms with van der Waals surface area (Å²) in [6, 6.07) is 6.93. The van der Waals surface area contributed by atoms with Gasteiger partial charge in [0.1, 0.15) is 0 Å². The number of likely N-dealkylation sites (tertiary alicyclic amines) is 1. The van der Waals surface area contributed by atoms with Crippen molar-refractivity contribution in [2.75, 3.05) is 30.3 Å². The lowest BCUT2D eigenvalue weighted by Gasteiger charge is -2.26. The molecule has 2 rings (SSSR count). The van der Waals surface area contributed by atoms with Crippen molar-refractivity contribution < 1.29 is 9.59 Å². The Hall–Kier alpha value is -1.92. The highest BCUT2D eigenvalue weighted by molar-refractivity contribution is 5.96. The molecule has 0 radical (unpaired) electrons. The molecule has 0 saturated carbocycles. The summed E-state index contributed by atoms with van der Waals surface area (Å²) < 4.78 is 0. The fraction of sp³-hybridized carbons (Fsp3) is 0.529. The van der Waals surface area contributed by atoms with E-state index in [0.717, 1.165) is 19.5 Å². The van der Waals surface area contributed by atoms with Crippen molar-refractivity contribution in [3.63, 3.8) is 0 Å². The number of benzene rings is 1. The molecule has 2 unspecified atom stereocenters. The van der Waals surface area contributed by atoms with Crippen LogP contribution in [0.2, 0.25) is 0 Å². The van der Waals surface area contributed by atoms with Crippen molar-refractivity contribution >= 4 is 23.2 Å². The zero-order valence-corrected chi connectivity index (χ0v) is 14.1. The average molecular weight is 318 g/mol. The normalized spacial score (nSPS) is 22.6. The number of hydrogen-bond donors (Lipinski definition) is 3. The summed E-state index contributed by atoms with van der Waals surface area (Å²) in [5, 5.41) is 5.62. The van der Waals surface area contributed by atoms with E-state index < -0.39 is 0 Å². The molecule has 6 nitrogen and oxygen atoms in total. The number of nitrogens with one attached hydrogen (secondary N) is 2. The molecular weight excluding hydrogens is 292 g/mol. The molecule has 0 spiro atoms. The van der Waals surface area contributed by atoms with Gasteiger partial charge in [0, 0.05) is 24.8 Å². The molecular formula is C17H26N4O2. The van der Waals surface area contributed by atoms with Gasteiger partial charge in [-0.3, -0.25) is 14.5 Å². The fourth-order valence-electron chi connectivity index (χ4n) is 2.85. The van der Waals surface area contributed by atoms with Gasteiger partial charge in [-0.05, 0) is 50.0 Å². The van der Waals surface area contributed by atoms with E-state index in [2.05, 4.69) is 22.5 Å². The van der Waals surface area contributed by atoms with Crippen LogP contribution in [0.4, 0.5) is 11.4 Å². The van der Waals surface area contributed by atoms with Crippen molar-refractivity contribution in [3.05, 3.63) is 24.3 Å². The Balaban J connectivity index is 1.97. The summed E-state index contributed by atoms with van der Waals surface area (Å²) >= 11 is 0. The van der Waals surface area contributed by atoms with Crippen molar-refractivity contribution in [2.24, 2.45) is 11.1 Å². The molecule has 1 heterocycles. The number of carbonyl (C=O) groups is 2. The van der Waals surface area contributed by atoms with Crippen LogP contribution < -0.4 is 16.4 Å². The van der Waals surface area contributed by atoms with Crippen LogP contribution in [0.3, 0.4) is 0 Å². The third kappa shape index (κ3) is 4.53. The fourth-order valence-corrected chi connectivity index (χ4v) is 2.85. The van der Waals surface area contributed by atoms with E-state index in [9.17, 15) is 9.59 Å². The smallest absolute Gasteiger partial charge is 0.241 e. The third-order valence-corrected chi connectivity index (χ3v) is 4.46. The minimum atomic E-state index is -0.215. The molecule has 2 amide bonds. The first kappa shape index (κ1) is 17.4. The van der Waals surface area contributed by atoms with E-state index in [0.29, 0.717) is 17.9 Å². The van der Waals surface area contributed by atoms with Crippen molar-refractivity contribution in [3.8, 4) is 0 Å². The summed E-state index contributed by atoms with van der Waals surface area (Å²) in [6.45, 7) is 7.88. The lowest BCUT2D eigenvalue weighted by atomic mass is 9.90. The second-order valence-electron chi connectivity index (χ2n) is 6.66. The molecule has 4 N–H and O–H groups in total. The first-order valence-corrected chi connectivity index (χ1v) is 7.96. The Morgan fingerprint density at radius 1 is 1.35 bits per heavy atom. The van der Waals surface area contributed by atoms with Crippen LogP contribution in [0.25, 0.3) is 0 Å². The maximum atomic E-state index is 12.5. The van der Waals surface area contributed by atoms with Gasteiger partial charge in [0.25, 0.3) is 0 Å². The highest BCUT2D eigenvalue weighted by Crippen LogP contribution is 2.30. The minimum absolute atomic E-state index is 0.0498. The molecule has 0 aliphatic carbocycles. The Morgan fingerprint density at radius 2 is 2.00 bits per heavy atom. The van der Waals surface area contributed by atoms with Gasteiger partial charge in [-0.15, -0.1) is 0 Å². The number of nitrogens with zero attached hydrogens (tertiary/aromatic N) is 1. The quantitative estimate of drug-likeness (QED) is 0.770.